The lowest BCUT2D eigenvalue weighted by atomic mass is 9.71. The number of rotatable bonds is 5. The third kappa shape index (κ3) is 3.97. The molecular formula is C18H33N. The summed E-state index contributed by atoms with van der Waals surface area (Å²) in [5.41, 5.74) is 0. The molecule has 0 aromatic heterocycles. The average molecular weight is 263 g/mol. The van der Waals surface area contributed by atoms with Gasteiger partial charge in [0.15, 0.2) is 0 Å². The Balaban J connectivity index is 1.53. The fraction of sp³-hybridized carbons (Fsp3) is 1.00. The molecule has 0 aromatic rings. The van der Waals surface area contributed by atoms with E-state index in [4.69, 9.17) is 0 Å². The van der Waals surface area contributed by atoms with Crippen LogP contribution in [0.25, 0.3) is 0 Å². The first kappa shape index (κ1) is 13.9. The Hall–Kier alpha value is -0.0400. The van der Waals surface area contributed by atoms with E-state index in [1.807, 2.05) is 0 Å². The minimum absolute atomic E-state index is 0.765. The minimum Gasteiger partial charge on any atom is -0.311 e. The normalized spacial score (nSPS) is 35.2. The SMILES string of the molecule is CC(CC1CC1)NC1CCCCC1C1CCCCC1. The zero-order valence-electron chi connectivity index (χ0n) is 12.9. The van der Waals surface area contributed by atoms with Crippen LogP contribution in [-0.4, -0.2) is 12.1 Å². The molecule has 3 saturated carbocycles. The Morgan fingerprint density at radius 1 is 0.842 bits per heavy atom. The summed E-state index contributed by atoms with van der Waals surface area (Å²) >= 11 is 0. The van der Waals surface area contributed by atoms with Crippen molar-refractivity contribution in [1.29, 1.82) is 0 Å². The van der Waals surface area contributed by atoms with Gasteiger partial charge in [0.1, 0.15) is 0 Å². The van der Waals surface area contributed by atoms with Gasteiger partial charge < -0.3 is 5.32 Å². The van der Waals surface area contributed by atoms with Gasteiger partial charge in [0.25, 0.3) is 0 Å². The lowest BCUT2D eigenvalue weighted by molar-refractivity contribution is 0.141. The van der Waals surface area contributed by atoms with Gasteiger partial charge in [0.2, 0.25) is 0 Å². The summed E-state index contributed by atoms with van der Waals surface area (Å²) in [7, 11) is 0. The Labute approximate surface area is 119 Å². The Morgan fingerprint density at radius 3 is 2.26 bits per heavy atom. The van der Waals surface area contributed by atoms with E-state index in [0.717, 1.165) is 29.8 Å². The highest BCUT2D eigenvalue weighted by Crippen LogP contribution is 2.39. The first-order valence-corrected chi connectivity index (χ1v) is 9.09. The minimum atomic E-state index is 0.765. The highest BCUT2D eigenvalue weighted by atomic mass is 15.0. The van der Waals surface area contributed by atoms with Crippen LogP contribution >= 0.6 is 0 Å². The highest BCUT2D eigenvalue weighted by molar-refractivity contribution is 4.89. The molecule has 1 heteroatoms. The van der Waals surface area contributed by atoms with Crippen molar-refractivity contribution in [3.63, 3.8) is 0 Å². The van der Waals surface area contributed by atoms with Crippen molar-refractivity contribution in [3.05, 3.63) is 0 Å². The molecule has 0 bridgehead atoms. The van der Waals surface area contributed by atoms with Crippen LogP contribution in [0.4, 0.5) is 0 Å². The van der Waals surface area contributed by atoms with Gasteiger partial charge in [-0.2, -0.15) is 0 Å². The van der Waals surface area contributed by atoms with Crippen molar-refractivity contribution in [2.45, 2.75) is 96.1 Å². The van der Waals surface area contributed by atoms with E-state index in [1.165, 1.54) is 77.0 Å². The molecule has 3 rings (SSSR count). The molecule has 0 saturated heterocycles. The molecule has 1 N–H and O–H groups in total. The summed E-state index contributed by atoms with van der Waals surface area (Å²) in [5, 5.41) is 4.04. The second kappa shape index (κ2) is 6.61. The highest BCUT2D eigenvalue weighted by Gasteiger charge is 2.33. The fourth-order valence-electron chi connectivity index (χ4n) is 4.78. The molecule has 110 valence electrons. The number of nitrogens with one attached hydrogen (secondary N) is 1. The molecule has 0 radical (unpaired) electrons. The number of hydrogen-bond donors (Lipinski definition) is 1. The fourth-order valence-corrected chi connectivity index (χ4v) is 4.78. The summed E-state index contributed by atoms with van der Waals surface area (Å²) in [6.45, 7) is 2.44. The van der Waals surface area contributed by atoms with E-state index in [9.17, 15) is 0 Å². The van der Waals surface area contributed by atoms with Crippen LogP contribution in [0.5, 0.6) is 0 Å². The zero-order chi connectivity index (χ0) is 13.1. The van der Waals surface area contributed by atoms with E-state index in [-0.39, 0.29) is 0 Å². The van der Waals surface area contributed by atoms with Gasteiger partial charge in [-0.05, 0) is 43.9 Å². The van der Waals surface area contributed by atoms with E-state index in [1.54, 1.807) is 0 Å². The predicted octanol–water partition coefficient (Wildman–Crippen LogP) is 4.90. The molecule has 0 amide bonds. The molecule has 3 aliphatic rings. The van der Waals surface area contributed by atoms with Gasteiger partial charge in [-0.25, -0.2) is 0 Å². The molecule has 0 aliphatic heterocycles. The molecule has 0 spiro atoms. The van der Waals surface area contributed by atoms with Gasteiger partial charge in [-0.3, -0.25) is 0 Å². The van der Waals surface area contributed by atoms with Crippen molar-refractivity contribution in [3.8, 4) is 0 Å². The summed E-state index contributed by atoms with van der Waals surface area (Å²) < 4.78 is 0. The Morgan fingerprint density at radius 2 is 1.53 bits per heavy atom. The van der Waals surface area contributed by atoms with Crippen molar-refractivity contribution in [2.24, 2.45) is 17.8 Å². The van der Waals surface area contributed by atoms with Crippen LogP contribution in [0.2, 0.25) is 0 Å². The van der Waals surface area contributed by atoms with Crippen molar-refractivity contribution >= 4 is 0 Å². The van der Waals surface area contributed by atoms with E-state index < -0.39 is 0 Å². The molecule has 1 nitrogen and oxygen atoms in total. The standard InChI is InChI=1S/C18H33N/c1-14(13-15-11-12-15)19-18-10-6-5-9-17(18)16-7-3-2-4-8-16/h14-19H,2-13H2,1H3. The monoisotopic (exact) mass is 263 g/mol. The predicted molar refractivity (Wildman–Crippen MR) is 82.3 cm³/mol. The molecule has 0 heterocycles. The van der Waals surface area contributed by atoms with Gasteiger partial charge in [0.05, 0.1) is 0 Å². The topological polar surface area (TPSA) is 12.0 Å². The molecule has 3 fully saturated rings. The van der Waals surface area contributed by atoms with E-state index in [0.29, 0.717) is 0 Å². The summed E-state index contributed by atoms with van der Waals surface area (Å²) in [6.07, 6.45) is 17.9. The zero-order valence-corrected chi connectivity index (χ0v) is 12.9. The average Bonchev–Trinajstić information content (AvgIpc) is 3.24. The van der Waals surface area contributed by atoms with Gasteiger partial charge >= 0.3 is 0 Å². The van der Waals surface area contributed by atoms with Crippen LogP contribution in [0.15, 0.2) is 0 Å². The molecular weight excluding hydrogens is 230 g/mol. The molecule has 19 heavy (non-hydrogen) atoms. The van der Waals surface area contributed by atoms with Crippen molar-refractivity contribution in [1.82, 2.24) is 5.32 Å². The lowest BCUT2D eigenvalue weighted by Crippen LogP contribution is -2.46. The van der Waals surface area contributed by atoms with Crippen LogP contribution in [0.1, 0.15) is 84.0 Å². The maximum absolute atomic E-state index is 4.04. The molecule has 3 atom stereocenters. The summed E-state index contributed by atoms with van der Waals surface area (Å²) in [5.74, 6) is 3.13. The smallest absolute Gasteiger partial charge is 0.0100 e. The second-order valence-electron chi connectivity index (χ2n) is 7.70. The first-order chi connectivity index (χ1) is 9.33. The van der Waals surface area contributed by atoms with E-state index in [2.05, 4.69) is 12.2 Å². The van der Waals surface area contributed by atoms with Gasteiger partial charge in [-0.1, -0.05) is 57.8 Å². The quantitative estimate of drug-likeness (QED) is 0.743. The Kier molecular flexibility index (Phi) is 4.84. The second-order valence-corrected chi connectivity index (χ2v) is 7.70. The van der Waals surface area contributed by atoms with E-state index >= 15 is 0 Å². The molecule has 3 aliphatic carbocycles. The number of hydrogen-bond acceptors (Lipinski definition) is 1. The largest absolute Gasteiger partial charge is 0.311 e. The van der Waals surface area contributed by atoms with Gasteiger partial charge in [0, 0.05) is 12.1 Å². The Bertz CT molecular complexity index is 265. The summed E-state index contributed by atoms with van der Waals surface area (Å²) in [4.78, 5) is 0. The third-order valence-corrected chi connectivity index (χ3v) is 5.96. The van der Waals surface area contributed by atoms with Crippen LogP contribution in [-0.2, 0) is 0 Å². The van der Waals surface area contributed by atoms with Crippen LogP contribution in [0, 0.1) is 17.8 Å². The third-order valence-electron chi connectivity index (χ3n) is 5.96. The van der Waals surface area contributed by atoms with Crippen LogP contribution < -0.4 is 5.32 Å². The first-order valence-electron chi connectivity index (χ1n) is 9.09. The van der Waals surface area contributed by atoms with Gasteiger partial charge in [-0.15, -0.1) is 0 Å². The maximum atomic E-state index is 4.04. The molecule has 3 unspecified atom stereocenters. The van der Waals surface area contributed by atoms with Crippen molar-refractivity contribution in [2.75, 3.05) is 0 Å². The lowest BCUT2D eigenvalue weighted by Gasteiger charge is -2.40. The van der Waals surface area contributed by atoms with Crippen LogP contribution in [0.3, 0.4) is 0 Å². The maximum Gasteiger partial charge on any atom is 0.0100 e. The molecule has 0 aromatic carbocycles. The van der Waals surface area contributed by atoms with Crippen molar-refractivity contribution < 1.29 is 0 Å². The summed E-state index contributed by atoms with van der Waals surface area (Å²) in [6, 6.07) is 1.62.